The molecule has 82 valence electrons. The Morgan fingerprint density at radius 2 is 2.20 bits per heavy atom. The van der Waals surface area contributed by atoms with Gasteiger partial charge in [0.2, 0.25) is 0 Å². The zero-order chi connectivity index (χ0) is 9.99. The molecule has 0 amide bonds. The van der Waals surface area contributed by atoms with Crippen molar-refractivity contribution in [3.05, 3.63) is 12.7 Å². The summed E-state index contributed by atoms with van der Waals surface area (Å²) in [7, 11) is 0. The van der Waals surface area contributed by atoms with Gasteiger partial charge in [-0.15, -0.1) is 6.58 Å². The average Bonchev–Trinajstić information content (AvgIpc) is 2.65. The van der Waals surface area contributed by atoms with Crippen LogP contribution in [0, 0.1) is 23.7 Å². The van der Waals surface area contributed by atoms with E-state index in [9.17, 15) is 0 Å². The Morgan fingerprint density at radius 3 is 3.07 bits per heavy atom. The third kappa shape index (κ3) is 1.07. The van der Waals surface area contributed by atoms with Crippen molar-refractivity contribution in [3.63, 3.8) is 0 Å². The van der Waals surface area contributed by atoms with Crippen LogP contribution in [0.15, 0.2) is 12.7 Å². The van der Waals surface area contributed by atoms with E-state index in [-0.39, 0.29) is 0 Å². The Kier molecular flexibility index (Phi) is 1.67. The predicted octanol–water partition coefficient (Wildman–Crippen LogP) is 2.00. The van der Waals surface area contributed by atoms with Gasteiger partial charge in [-0.2, -0.15) is 0 Å². The zero-order valence-corrected chi connectivity index (χ0v) is 8.97. The molecule has 0 aromatic rings. The molecule has 2 bridgehead atoms. The standard InChI is InChI=1S/C13H18O2/c1-2-3-14-10-5-7-4-9(10)12-8(7)6-11-13(12)15-11/h2,7-13H,1,3-6H2/t7-,8-,9+,10+,11-,12+,13+/m1/s1. The smallest absolute Gasteiger partial charge is 0.0876 e. The second-order valence-corrected chi connectivity index (χ2v) is 5.67. The van der Waals surface area contributed by atoms with Crippen molar-refractivity contribution in [2.75, 3.05) is 6.61 Å². The second kappa shape index (κ2) is 2.86. The van der Waals surface area contributed by atoms with Crippen molar-refractivity contribution < 1.29 is 9.47 Å². The molecule has 3 aliphatic carbocycles. The molecule has 4 fully saturated rings. The van der Waals surface area contributed by atoms with Gasteiger partial charge in [0.15, 0.2) is 0 Å². The highest BCUT2D eigenvalue weighted by atomic mass is 16.6. The summed E-state index contributed by atoms with van der Waals surface area (Å²) in [6.45, 7) is 4.45. The van der Waals surface area contributed by atoms with E-state index >= 15 is 0 Å². The SMILES string of the molecule is C=CCO[C@H]1C[C@H]2C[C@@H]1[C@@H]1[C@@H]2C[C@H]2O[C@H]12. The van der Waals surface area contributed by atoms with Crippen LogP contribution in [-0.4, -0.2) is 24.9 Å². The maximum atomic E-state index is 5.89. The van der Waals surface area contributed by atoms with Gasteiger partial charge in [-0.1, -0.05) is 6.08 Å². The number of fused-ring (bicyclic) bond motifs is 7. The fourth-order valence-electron chi connectivity index (χ4n) is 4.63. The molecule has 0 N–H and O–H groups in total. The molecule has 1 heterocycles. The molecule has 1 aliphatic heterocycles. The lowest BCUT2D eigenvalue weighted by atomic mass is 9.79. The summed E-state index contributed by atoms with van der Waals surface area (Å²) in [5.41, 5.74) is 0. The molecule has 2 nitrogen and oxygen atoms in total. The molecule has 3 saturated carbocycles. The zero-order valence-electron chi connectivity index (χ0n) is 8.97. The summed E-state index contributed by atoms with van der Waals surface area (Å²) in [6, 6.07) is 0. The highest BCUT2D eigenvalue weighted by molar-refractivity contribution is 5.14. The molecule has 7 atom stereocenters. The van der Waals surface area contributed by atoms with Gasteiger partial charge in [-0.3, -0.25) is 0 Å². The molecule has 15 heavy (non-hydrogen) atoms. The van der Waals surface area contributed by atoms with Crippen LogP contribution in [0.5, 0.6) is 0 Å². The van der Waals surface area contributed by atoms with Gasteiger partial charge in [0, 0.05) is 0 Å². The van der Waals surface area contributed by atoms with Crippen molar-refractivity contribution in [1.82, 2.24) is 0 Å². The Bertz CT molecular complexity index is 301. The molecule has 4 aliphatic rings. The largest absolute Gasteiger partial charge is 0.374 e. The van der Waals surface area contributed by atoms with Crippen LogP contribution in [0.25, 0.3) is 0 Å². The van der Waals surface area contributed by atoms with E-state index in [0.29, 0.717) is 18.3 Å². The first-order valence-corrected chi connectivity index (χ1v) is 6.26. The van der Waals surface area contributed by atoms with Gasteiger partial charge in [-0.05, 0) is 42.9 Å². The molecule has 0 spiro atoms. The summed E-state index contributed by atoms with van der Waals surface area (Å²) >= 11 is 0. The van der Waals surface area contributed by atoms with E-state index in [1.54, 1.807) is 0 Å². The molecule has 0 aromatic heterocycles. The van der Waals surface area contributed by atoms with Gasteiger partial charge >= 0.3 is 0 Å². The van der Waals surface area contributed by atoms with E-state index in [0.717, 1.165) is 30.3 Å². The van der Waals surface area contributed by atoms with E-state index in [1.807, 2.05) is 6.08 Å². The van der Waals surface area contributed by atoms with Crippen molar-refractivity contribution in [2.24, 2.45) is 23.7 Å². The molecule has 2 heteroatoms. The predicted molar refractivity (Wildman–Crippen MR) is 56.4 cm³/mol. The minimum atomic E-state index is 0.511. The summed E-state index contributed by atoms with van der Waals surface area (Å²) in [5.74, 6) is 3.59. The van der Waals surface area contributed by atoms with Crippen molar-refractivity contribution >= 4 is 0 Å². The lowest BCUT2D eigenvalue weighted by Crippen LogP contribution is -2.33. The Balaban J connectivity index is 1.52. The van der Waals surface area contributed by atoms with E-state index in [4.69, 9.17) is 9.47 Å². The number of ether oxygens (including phenoxy) is 2. The Hall–Kier alpha value is -0.340. The lowest BCUT2D eigenvalue weighted by Gasteiger charge is -2.32. The summed E-state index contributed by atoms with van der Waals surface area (Å²) < 4.78 is 11.6. The van der Waals surface area contributed by atoms with Gasteiger partial charge in [0.1, 0.15) is 0 Å². The number of rotatable bonds is 3. The number of epoxide rings is 1. The highest BCUT2D eigenvalue weighted by Crippen LogP contribution is 2.64. The van der Waals surface area contributed by atoms with Crippen molar-refractivity contribution in [3.8, 4) is 0 Å². The quantitative estimate of drug-likeness (QED) is 0.520. The first kappa shape index (κ1) is 8.77. The molecule has 0 aromatic carbocycles. The minimum Gasteiger partial charge on any atom is -0.374 e. The van der Waals surface area contributed by atoms with Gasteiger partial charge in [0.05, 0.1) is 24.9 Å². The third-order valence-electron chi connectivity index (χ3n) is 5.12. The molecule has 0 unspecified atom stereocenters. The maximum Gasteiger partial charge on any atom is 0.0876 e. The second-order valence-electron chi connectivity index (χ2n) is 5.67. The van der Waals surface area contributed by atoms with Crippen LogP contribution >= 0.6 is 0 Å². The first-order chi connectivity index (χ1) is 7.38. The van der Waals surface area contributed by atoms with E-state index < -0.39 is 0 Å². The van der Waals surface area contributed by atoms with Gasteiger partial charge in [0.25, 0.3) is 0 Å². The van der Waals surface area contributed by atoms with Gasteiger partial charge < -0.3 is 9.47 Å². The summed E-state index contributed by atoms with van der Waals surface area (Å²) in [6.07, 6.45) is 7.71. The van der Waals surface area contributed by atoms with Crippen LogP contribution in [0.3, 0.4) is 0 Å². The minimum absolute atomic E-state index is 0.511. The van der Waals surface area contributed by atoms with Crippen molar-refractivity contribution in [2.45, 2.75) is 37.6 Å². The molecule has 1 saturated heterocycles. The number of hydrogen-bond acceptors (Lipinski definition) is 2. The van der Waals surface area contributed by atoms with Crippen LogP contribution in [-0.2, 0) is 9.47 Å². The molecule has 4 rings (SSSR count). The summed E-state index contributed by atoms with van der Waals surface area (Å²) in [5, 5.41) is 0. The van der Waals surface area contributed by atoms with Crippen LogP contribution < -0.4 is 0 Å². The first-order valence-electron chi connectivity index (χ1n) is 6.26. The van der Waals surface area contributed by atoms with Crippen LogP contribution in [0.1, 0.15) is 19.3 Å². The fraction of sp³-hybridized carbons (Fsp3) is 0.846. The fourth-order valence-corrected chi connectivity index (χ4v) is 4.63. The topological polar surface area (TPSA) is 21.8 Å². The average molecular weight is 206 g/mol. The third-order valence-corrected chi connectivity index (χ3v) is 5.12. The summed E-state index contributed by atoms with van der Waals surface area (Å²) in [4.78, 5) is 0. The maximum absolute atomic E-state index is 5.89. The van der Waals surface area contributed by atoms with Gasteiger partial charge in [-0.25, -0.2) is 0 Å². The van der Waals surface area contributed by atoms with E-state index in [2.05, 4.69) is 6.58 Å². The molecule has 0 radical (unpaired) electrons. The highest BCUT2D eigenvalue weighted by Gasteiger charge is 2.66. The lowest BCUT2D eigenvalue weighted by molar-refractivity contribution is -0.0107. The monoisotopic (exact) mass is 206 g/mol. The number of hydrogen-bond donors (Lipinski definition) is 0. The van der Waals surface area contributed by atoms with E-state index in [1.165, 1.54) is 19.3 Å². The van der Waals surface area contributed by atoms with Crippen LogP contribution in [0.2, 0.25) is 0 Å². The Morgan fingerprint density at radius 1 is 1.27 bits per heavy atom. The van der Waals surface area contributed by atoms with Crippen molar-refractivity contribution in [1.29, 1.82) is 0 Å². The normalized spacial score (nSPS) is 59.1. The van der Waals surface area contributed by atoms with Crippen LogP contribution in [0.4, 0.5) is 0 Å². The molecular weight excluding hydrogens is 188 g/mol. The molecular formula is C13H18O2. The Labute approximate surface area is 90.6 Å².